The second kappa shape index (κ2) is 9.94. The van der Waals surface area contributed by atoms with Crippen LogP contribution < -0.4 is 16.0 Å². The van der Waals surface area contributed by atoms with E-state index < -0.39 is 12.1 Å². The van der Waals surface area contributed by atoms with Crippen LogP contribution in [0.1, 0.15) is 62.4 Å². The zero-order chi connectivity index (χ0) is 19.8. The van der Waals surface area contributed by atoms with Crippen molar-refractivity contribution in [3.63, 3.8) is 0 Å². The first kappa shape index (κ1) is 20.7. The van der Waals surface area contributed by atoms with Crippen molar-refractivity contribution in [1.29, 1.82) is 0 Å². The maximum atomic E-state index is 12.2. The highest BCUT2D eigenvalue weighted by molar-refractivity contribution is 5.92. The van der Waals surface area contributed by atoms with Gasteiger partial charge in [0.2, 0.25) is 0 Å². The average molecular weight is 375 g/mol. The third kappa shape index (κ3) is 6.92. The van der Waals surface area contributed by atoms with Crippen molar-refractivity contribution in [3.05, 3.63) is 35.4 Å². The van der Waals surface area contributed by atoms with Crippen molar-refractivity contribution in [2.75, 3.05) is 0 Å². The van der Waals surface area contributed by atoms with Gasteiger partial charge < -0.3 is 20.7 Å². The fourth-order valence-corrected chi connectivity index (χ4v) is 2.93. The first-order valence-corrected chi connectivity index (χ1v) is 9.50. The normalized spacial score (nSPS) is 15.3. The van der Waals surface area contributed by atoms with E-state index in [1.54, 1.807) is 31.2 Å². The topological polar surface area (TPSA) is 96.5 Å². The Kier molecular flexibility index (Phi) is 7.64. The summed E-state index contributed by atoms with van der Waals surface area (Å²) in [5.41, 5.74) is 1.23. The molecular weight excluding hydrogens is 346 g/mol. The zero-order valence-corrected chi connectivity index (χ0v) is 16.2. The summed E-state index contributed by atoms with van der Waals surface area (Å²) in [4.78, 5) is 35.9. The van der Waals surface area contributed by atoms with Crippen LogP contribution in [0.3, 0.4) is 0 Å². The molecule has 1 aromatic carbocycles. The van der Waals surface area contributed by atoms with Gasteiger partial charge in [-0.15, -0.1) is 0 Å². The van der Waals surface area contributed by atoms with Gasteiger partial charge in [-0.1, -0.05) is 25.0 Å². The molecule has 1 aliphatic rings. The van der Waals surface area contributed by atoms with Gasteiger partial charge in [-0.05, 0) is 51.3 Å². The first-order valence-electron chi connectivity index (χ1n) is 9.50. The molecule has 1 aliphatic carbocycles. The van der Waals surface area contributed by atoms with Crippen LogP contribution in [0, 0.1) is 0 Å². The van der Waals surface area contributed by atoms with E-state index >= 15 is 0 Å². The highest BCUT2D eigenvalue weighted by atomic mass is 16.5. The van der Waals surface area contributed by atoms with Gasteiger partial charge in [0.05, 0.1) is 5.56 Å². The molecule has 0 spiro atoms. The van der Waals surface area contributed by atoms with Gasteiger partial charge in [-0.2, -0.15) is 0 Å². The summed E-state index contributed by atoms with van der Waals surface area (Å²) in [6, 6.07) is 6.76. The van der Waals surface area contributed by atoms with Crippen molar-refractivity contribution in [3.8, 4) is 0 Å². The Morgan fingerprint density at radius 2 is 1.70 bits per heavy atom. The predicted octanol–water partition coefficient (Wildman–Crippen LogP) is 2.50. The number of ether oxygens (including phenoxy) is 1. The molecule has 0 bridgehead atoms. The van der Waals surface area contributed by atoms with Crippen LogP contribution in [0.25, 0.3) is 0 Å². The summed E-state index contributed by atoms with van der Waals surface area (Å²) in [5.74, 6) is -0.798. The third-order valence-corrected chi connectivity index (χ3v) is 4.42. The van der Waals surface area contributed by atoms with Crippen LogP contribution in [-0.2, 0) is 16.1 Å². The minimum atomic E-state index is -0.834. The van der Waals surface area contributed by atoms with Crippen LogP contribution in [0.5, 0.6) is 0 Å². The lowest BCUT2D eigenvalue weighted by molar-refractivity contribution is -0.129. The molecule has 3 N–H and O–H groups in total. The van der Waals surface area contributed by atoms with E-state index in [1.807, 2.05) is 13.8 Å². The smallest absolute Gasteiger partial charge is 0.338 e. The molecular formula is C20H29N3O4. The second-order valence-corrected chi connectivity index (χ2v) is 7.22. The number of nitrogens with one attached hydrogen (secondary N) is 3. The van der Waals surface area contributed by atoms with Gasteiger partial charge in [0.1, 0.15) is 0 Å². The van der Waals surface area contributed by atoms with Crippen molar-refractivity contribution < 1.29 is 19.1 Å². The molecule has 148 valence electrons. The van der Waals surface area contributed by atoms with E-state index in [0.29, 0.717) is 12.1 Å². The van der Waals surface area contributed by atoms with E-state index in [4.69, 9.17) is 4.74 Å². The van der Waals surface area contributed by atoms with Crippen molar-refractivity contribution in [2.24, 2.45) is 0 Å². The van der Waals surface area contributed by atoms with Crippen LogP contribution in [0.15, 0.2) is 24.3 Å². The number of esters is 1. The zero-order valence-electron chi connectivity index (χ0n) is 16.2. The van der Waals surface area contributed by atoms with Crippen molar-refractivity contribution in [2.45, 2.75) is 71.2 Å². The average Bonchev–Trinajstić information content (AvgIpc) is 3.12. The quantitative estimate of drug-likeness (QED) is 0.638. The molecule has 0 aromatic heterocycles. The van der Waals surface area contributed by atoms with E-state index in [2.05, 4.69) is 16.0 Å². The molecule has 27 heavy (non-hydrogen) atoms. The molecule has 1 fully saturated rings. The lowest BCUT2D eigenvalue weighted by atomic mass is 10.1. The van der Waals surface area contributed by atoms with Crippen LogP contribution in [0.4, 0.5) is 4.79 Å². The van der Waals surface area contributed by atoms with Gasteiger partial charge in [0, 0.05) is 18.6 Å². The number of benzene rings is 1. The number of carbonyl (C=O) groups is 3. The van der Waals surface area contributed by atoms with Gasteiger partial charge in [-0.3, -0.25) is 4.79 Å². The molecule has 0 radical (unpaired) electrons. The number of rotatable bonds is 7. The first-order chi connectivity index (χ1) is 12.8. The molecule has 7 heteroatoms. The Bertz CT molecular complexity index is 652. The molecule has 0 saturated heterocycles. The maximum Gasteiger partial charge on any atom is 0.338 e. The number of hydrogen-bond acceptors (Lipinski definition) is 4. The molecule has 0 unspecified atom stereocenters. The van der Waals surface area contributed by atoms with Crippen molar-refractivity contribution >= 4 is 17.9 Å². The van der Waals surface area contributed by atoms with Gasteiger partial charge in [0.25, 0.3) is 5.91 Å². The largest absolute Gasteiger partial charge is 0.449 e. The van der Waals surface area contributed by atoms with E-state index in [-0.39, 0.29) is 24.0 Å². The fourth-order valence-electron chi connectivity index (χ4n) is 2.93. The minimum absolute atomic E-state index is 0.0648. The highest BCUT2D eigenvalue weighted by Gasteiger charge is 2.23. The monoisotopic (exact) mass is 375 g/mol. The van der Waals surface area contributed by atoms with E-state index in [0.717, 1.165) is 31.2 Å². The molecule has 7 nitrogen and oxygen atoms in total. The Morgan fingerprint density at radius 3 is 2.30 bits per heavy atom. The fraction of sp³-hybridized carbons (Fsp3) is 0.550. The molecule has 0 heterocycles. The SMILES string of the molecule is CC(C)NC(=O)NCc1ccc(C(=O)O[C@@H](C)C(=O)NC2CCCC2)cc1. The Morgan fingerprint density at radius 1 is 1.07 bits per heavy atom. The number of hydrogen-bond donors (Lipinski definition) is 3. The predicted molar refractivity (Wildman–Crippen MR) is 102 cm³/mol. The summed E-state index contributed by atoms with van der Waals surface area (Å²) < 4.78 is 5.26. The Labute approximate surface area is 160 Å². The summed E-state index contributed by atoms with van der Waals surface area (Å²) >= 11 is 0. The Hall–Kier alpha value is -2.57. The van der Waals surface area contributed by atoms with Gasteiger partial charge >= 0.3 is 12.0 Å². The summed E-state index contributed by atoms with van der Waals surface area (Å²) in [5, 5.41) is 8.40. The minimum Gasteiger partial charge on any atom is -0.449 e. The number of carbonyl (C=O) groups excluding carboxylic acids is 3. The summed E-state index contributed by atoms with van der Waals surface area (Å²) in [6.45, 7) is 5.70. The lowest BCUT2D eigenvalue weighted by Gasteiger charge is -2.17. The molecule has 1 aromatic rings. The summed E-state index contributed by atoms with van der Waals surface area (Å²) in [6.07, 6.45) is 3.38. The molecule has 3 amide bonds. The lowest BCUT2D eigenvalue weighted by Crippen LogP contribution is -2.40. The Balaban J connectivity index is 1.80. The van der Waals surface area contributed by atoms with Gasteiger partial charge in [-0.25, -0.2) is 9.59 Å². The molecule has 2 rings (SSSR count). The van der Waals surface area contributed by atoms with Crippen LogP contribution in [0.2, 0.25) is 0 Å². The van der Waals surface area contributed by atoms with Crippen molar-refractivity contribution in [1.82, 2.24) is 16.0 Å². The highest BCUT2D eigenvalue weighted by Crippen LogP contribution is 2.18. The standard InChI is InChI=1S/C20H29N3O4/c1-13(2)22-20(26)21-12-15-8-10-16(11-9-15)19(25)27-14(3)18(24)23-17-6-4-5-7-17/h8-11,13-14,17H,4-7,12H2,1-3H3,(H,23,24)(H2,21,22,26)/t14-/m0/s1. The summed E-state index contributed by atoms with van der Waals surface area (Å²) in [7, 11) is 0. The number of urea groups is 1. The molecule has 0 aliphatic heterocycles. The third-order valence-electron chi connectivity index (χ3n) is 4.42. The van der Waals surface area contributed by atoms with Crippen LogP contribution >= 0.6 is 0 Å². The van der Waals surface area contributed by atoms with E-state index in [1.165, 1.54) is 0 Å². The number of amides is 3. The van der Waals surface area contributed by atoms with E-state index in [9.17, 15) is 14.4 Å². The molecule has 1 saturated carbocycles. The van der Waals surface area contributed by atoms with Crippen LogP contribution in [-0.4, -0.2) is 36.1 Å². The maximum absolute atomic E-state index is 12.2. The van der Waals surface area contributed by atoms with Gasteiger partial charge in [0.15, 0.2) is 6.10 Å². The second-order valence-electron chi connectivity index (χ2n) is 7.22. The molecule has 1 atom stereocenters.